The van der Waals surface area contributed by atoms with E-state index < -0.39 is 10.0 Å². The Balaban J connectivity index is 1.98. The molecule has 0 aliphatic carbocycles. The van der Waals surface area contributed by atoms with Gasteiger partial charge in [0.2, 0.25) is 10.0 Å². The number of sulfonamides is 1. The molecule has 1 aromatic heterocycles. The van der Waals surface area contributed by atoms with E-state index in [1.165, 1.54) is 18.5 Å². The zero-order chi connectivity index (χ0) is 15.5. The molecule has 0 aliphatic rings. The van der Waals surface area contributed by atoms with Crippen molar-refractivity contribution in [3.8, 4) is 0 Å². The molecule has 2 rings (SSSR count). The molecule has 0 unspecified atom stereocenters. The average Bonchev–Trinajstić information content (AvgIpc) is 2.93. The Kier molecular flexibility index (Phi) is 4.81. The van der Waals surface area contributed by atoms with Crippen LogP contribution in [-0.2, 0) is 16.4 Å². The Hall–Kier alpha value is -1.64. The number of hydrogen-bond acceptors (Lipinski definition) is 5. The monoisotopic (exact) mass is 329 g/mol. The second-order valence-electron chi connectivity index (χ2n) is 4.55. The van der Waals surface area contributed by atoms with Crippen LogP contribution in [0, 0.1) is 6.92 Å². The molecular formula is C12H16ClN5O2S. The molecule has 0 amide bonds. The predicted octanol–water partition coefficient (Wildman–Crippen LogP) is 1.26. The molecule has 0 atom stereocenters. The first-order valence-corrected chi connectivity index (χ1v) is 8.16. The molecular weight excluding hydrogens is 314 g/mol. The summed E-state index contributed by atoms with van der Waals surface area (Å²) in [4.78, 5) is 4.03. The third-order valence-corrected chi connectivity index (χ3v) is 4.85. The summed E-state index contributed by atoms with van der Waals surface area (Å²) in [5.41, 5.74) is 6.76. The van der Waals surface area contributed by atoms with Crippen molar-refractivity contribution in [2.24, 2.45) is 0 Å². The predicted molar refractivity (Wildman–Crippen MR) is 80.5 cm³/mol. The van der Waals surface area contributed by atoms with Crippen LogP contribution in [0.25, 0.3) is 0 Å². The zero-order valence-corrected chi connectivity index (χ0v) is 13.0. The molecule has 4 N–H and O–H groups in total. The molecule has 0 radical (unpaired) electrons. The van der Waals surface area contributed by atoms with Crippen molar-refractivity contribution in [1.82, 2.24) is 19.9 Å². The number of nitrogens with zero attached hydrogens (tertiary/aromatic N) is 2. The Morgan fingerprint density at radius 3 is 2.81 bits per heavy atom. The number of H-pyrrole nitrogens is 1. The first kappa shape index (κ1) is 15.7. The number of nitrogens with one attached hydrogen (secondary N) is 2. The van der Waals surface area contributed by atoms with Crippen molar-refractivity contribution in [2.45, 2.75) is 24.7 Å². The van der Waals surface area contributed by atoms with Crippen LogP contribution in [0.3, 0.4) is 0 Å². The number of rotatable bonds is 6. The largest absolute Gasteiger partial charge is 0.398 e. The number of benzene rings is 1. The molecule has 9 heteroatoms. The van der Waals surface area contributed by atoms with E-state index in [0.29, 0.717) is 29.1 Å². The maximum atomic E-state index is 12.1. The van der Waals surface area contributed by atoms with E-state index >= 15 is 0 Å². The number of aromatic nitrogens is 3. The molecule has 1 aromatic carbocycles. The first-order chi connectivity index (χ1) is 9.90. The molecule has 2 aromatic rings. The van der Waals surface area contributed by atoms with Gasteiger partial charge in [-0.15, -0.1) is 0 Å². The van der Waals surface area contributed by atoms with Crippen molar-refractivity contribution in [3.63, 3.8) is 0 Å². The summed E-state index contributed by atoms with van der Waals surface area (Å²) in [6.45, 7) is 2.02. The molecule has 0 fully saturated rings. The molecule has 0 spiro atoms. The van der Waals surface area contributed by atoms with Crippen LogP contribution in [0.1, 0.15) is 17.8 Å². The van der Waals surface area contributed by atoms with Gasteiger partial charge in [-0.05, 0) is 31.0 Å². The first-order valence-electron chi connectivity index (χ1n) is 6.29. The molecule has 7 nitrogen and oxygen atoms in total. The van der Waals surface area contributed by atoms with Gasteiger partial charge in [0.25, 0.3) is 0 Å². The van der Waals surface area contributed by atoms with Crippen LogP contribution < -0.4 is 10.5 Å². The Bertz CT molecular complexity index is 692. The van der Waals surface area contributed by atoms with Gasteiger partial charge in [-0.3, -0.25) is 5.10 Å². The zero-order valence-electron chi connectivity index (χ0n) is 11.4. The number of halogens is 1. The molecule has 1 heterocycles. The van der Waals surface area contributed by atoms with Crippen LogP contribution in [0.15, 0.2) is 23.4 Å². The number of nitrogen functional groups attached to an aromatic ring is 1. The normalized spacial score (nSPS) is 11.7. The second-order valence-corrected chi connectivity index (χ2v) is 6.73. The van der Waals surface area contributed by atoms with Crippen molar-refractivity contribution < 1.29 is 8.42 Å². The van der Waals surface area contributed by atoms with E-state index in [4.69, 9.17) is 17.3 Å². The van der Waals surface area contributed by atoms with Gasteiger partial charge in [0.1, 0.15) is 12.2 Å². The van der Waals surface area contributed by atoms with Gasteiger partial charge in [0.05, 0.1) is 4.90 Å². The lowest BCUT2D eigenvalue weighted by Gasteiger charge is -2.09. The standard InChI is InChI=1S/C12H16ClN5O2S/c1-8-10(13)5-9(6-11(8)14)21(19,20)17-4-2-3-12-15-7-16-18-12/h5-7,17H,2-4,14H2,1H3,(H,15,16,18). The highest BCUT2D eigenvalue weighted by Crippen LogP contribution is 2.25. The number of aryl methyl sites for hydroxylation is 1. The summed E-state index contributed by atoms with van der Waals surface area (Å²) in [5, 5.41) is 6.77. The van der Waals surface area contributed by atoms with Gasteiger partial charge in [-0.1, -0.05) is 11.6 Å². The molecule has 0 bridgehead atoms. The fourth-order valence-corrected chi connectivity index (χ4v) is 3.15. The third-order valence-electron chi connectivity index (χ3n) is 3.02. The Morgan fingerprint density at radius 1 is 1.43 bits per heavy atom. The second kappa shape index (κ2) is 6.42. The quantitative estimate of drug-likeness (QED) is 0.545. The van der Waals surface area contributed by atoms with Crippen LogP contribution >= 0.6 is 11.6 Å². The number of hydrogen-bond donors (Lipinski definition) is 3. The van der Waals surface area contributed by atoms with Gasteiger partial charge < -0.3 is 5.73 Å². The molecule has 0 saturated carbocycles. The minimum absolute atomic E-state index is 0.0651. The van der Waals surface area contributed by atoms with Crippen LogP contribution in [0.4, 0.5) is 5.69 Å². The van der Waals surface area contributed by atoms with Crippen LogP contribution in [0.5, 0.6) is 0 Å². The van der Waals surface area contributed by atoms with Gasteiger partial charge >= 0.3 is 0 Å². The minimum Gasteiger partial charge on any atom is -0.398 e. The Labute approximate surface area is 128 Å². The fourth-order valence-electron chi connectivity index (χ4n) is 1.73. The molecule has 114 valence electrons. The van der Waals surface area contributed by atoms with Crippen LogP contribution in [0.2, 0.25) is 5.02 Å². The average molecular weight is 330 g/mol. The lowest BCUT2D eigenvalue weighted by molar-refractivity contribution is 0.578. The van der Waals surface area contributed by atoms with Crippen molar-refractivity contribution in [1.29, 1.82) is 0 Å². The molecule has 0 aliphatic heterocycles. The highest BCUT2D eigenvalue weighted by atomic mass is 35.5. The summed E-state index contributed by atoms with van der Waals surface area (Å²) in [6, 6.07) is 2.80. The van der Waals surface area contributed by atoms with Gasteiger partial charge in [0.15, 0.2) is 0 Å². The van der Waals surface area contributed by atoms with E-state index in [2.05, 4.69) is 19.9 Å². The highest BCUT2D eigenvalue weighted by Gasteiger charge is 2.16. The SMILES string of the molecule is Cc1c(N)cc(S(=O)(=O)NCCCc2ncn[nH]2)cc1Cl. The van der Waals surface area contributed by atoms with Crippen molar-refractivity contribution in [3.05, 3.63) is 34.9 Å². The highest BCUT2D eigenvalue weighted by molar-refractivity contribution is 7.89. The van der Waals surface area contributed by atoms with Crippen molar-refractivity contribution in [2.75, 3.05) is 12.3 Å². The summed E-state index contributed by atoms with van der Waals surface area (Å²) in [6.07, 6.45) is 2.62. The van der Waals surface area contributed by atoms with Gasteiger partial charge in [0, 0.05) is 23.7 Å². The number of nitrogens with two attached hydrogens (primary N) is 1. The van der Waals surface area contributed by atoms with E-state index in [1.807, 2.05) is 0 Å². The molecule has 0 saturated heterocycles. The summed E-state index contributed by atoms with van der Waals surface area (Å²) >= 11 is 5.96. The maximum absolute atomic E-state index is 12.1. The third kappa shape index (κ3) is 3.93. The summed E-state index contributed by atoms with van der Waals surface area (Å²) < 4.78 is 26.8. The number of aromatic amines is 1. The fraction of sp³-hybridized carbons (Fsp3) is 0.333. The van der Waals surface area contributed by atoms with Gasteiger partial charge in [-0.25, -0.2) is 18.1 Å². The maximum Gasteiger partial charge on any atom is 0.240 e. The lowest BCUT2D eigenvalue weighted by atomic mass is 10.2. The summed E-state index contributed by atoms with van der Waals surface area (Å²) in [5.74, 6) is 0.719. The van der Waals surface area contributed by atoms with Crippen LogP contribution in [-0.4, -0.2) is 30.1 Å². The van der Waals surface area contributed by atoms with E-state index in [9.17, 15) is 8.42 Å². The topological polar surface area (TPSA) is 114 Å². The number of anilines is 1. The minimum atomic E-state index is -3.62. The lowest BCUT2D eigenvalue weighted by Crippen LogP contribution is -2.25. The van der Waals surface area contributed by atoms with Crippen molar-refractivity contribution >= 4 is 27.3 Å². The van der Waals surface area contributed by atoms with E-state index in [-0.39, 0.29) is 11.4 Å². The molecule has 21 heavy (non-hydrogen) atoms. The van der Waals surface area contributed by atoms with E-state index in [1.54, 1.807) is 6.92 Å². The Morgan fingerprint density at radius 2 is 2.19 bits per heavy atom. The van der Waals surface area contributed by atoms with Gasteiger partial charge in [-0.2, -0.15) is 5.10 Å². The summed E-state index contributed by atoms with van der Waals surface area (Å²) in [7, 11) is -3.62. The van der Waals surface area contributed by atoms with E-state index in [0.717, 1.165) is 5.82 Å². The smallest absolute Gasteiger partial charge is 0.240 e.